The first kappa shape index (κ1) is 19.1. The maximum Gasteiger partial charge on any atom is 0.306 e. The van der Waals surface area contributed by atoms with Gasteiger partial charge in [-0.1, -0.05) is 34.1 Å². The van der Waals surface area contributed by atoms with E-state index in [9.17, 15) is 14.0 Å². The van der Waals surface area contributed by atoms with E-state index >= 15 is 0 Å². The van der Waals surface area contributed by atoms with E-state index in [2.05, 4.69) is 5.32 Å². The summed E-state index contributed by atoms with van der Waals surface area (Å²) in [6.45, 7) is 1.51. The molecule has 1 amide bonds. The highest BCUT2D eigenvalue weighted by Crippen LogP contribution is 2.39. The Morgan fingerprint density at radius 1 is 1.42 bits per heavy atom. The van der Waals surface area contributed by atoms with Gasteiger partial charge in [-0.2, -0.15) is 0 Å². The highest BCUT2D eigenvalue weighted by atomic mass is 33.1. The van der Waals surface area contributed by atoms with Gasteiger partial charge in [-0.25, -0.2) is 4.39 Å². The van der Waals surface area contributed by atoms with Gasteiger partial charge in [0, 0.05) is 23.1 Å². The van der Waals surface area contributed by atoms with Crippen LogP contribution in [0.1, 0.15) is 39.0 Å². The molecule has 7 heteroatoms. The van der Waals surface area contributed by atoms with Crippen LogP contribution in [0.4, 0.5) is 10.1 Å². The summed E-state index contributed by atoms with van der Waals surface area (Å²) in [6, 6.07) is 5.59. The molecule has 0 unspecified atom stereocenters. The third-order valence-corrected chi connectivity index (χ3v) is 6.66. The second-order valence-corrected chi connectivity index (χ2v) is 8.49. The molecule has 0 aliphatic carbocycles. The third kappa shape index (κ3) is 6.73. The Balaban J connectivity index is 1.63. The zero-order valence-electron chi connectivity index (χ0n) is 13.6. The summed E-state index contributed by atoms with van der Waals surface area (Å²) in [5, 5.41) is 3.24. The van der Waals surface area contributed by atoms with Crippen LogP contribution < -0.4 is 5.32 Å². The Hall–Kier alpha value is -1.21. The molecule has 4 nitrogen and oxygen atoms in total. The quantitative estimate of drug-likeness (QED) is 0.417. The summed E-state index contributed by atoms with van der Waals surface area (Å²) in [5.74, 6) is -0.0510. The van der Waals surface area contributed by atoms with Gasteiger partial charge in [-0.05, 0) is 44.4 Å². The summed E-state index contributed by atoms with van der Waals surface area (Å²) in [4.78, 5) is 23.7. The molecular formula is C17H22FNO3S2. The molecule has 2 atom stereocenters. The first-order chi connectivity index (χ1) is 11.5. The van der Waals surface area contributed by atoms with Crippen molar-refractivity contribution >= 4 is 39.2 Å². The number of amides is 1. The van der Waals surface area contributed by atoms with Crippen molar-refractivity contribution < 1.29 is 18.7 Å². The number of rotatable bonds is 8. The fourth-order valence-electron chi connectivity index (χ4n) is 2.33. The molecule has 2 rings (SSSR count). The number of halogens is 1. The second kappa shape index (κ2) is 9.93. The van der Waals surface area contributed by atoms with Crippen molar-refractivity contribution in [1.29, 1.82) is 0 Å². The summed E-state index contributed by atoms with van der Waals surface area (Å²) in [6.07, 6.45) is 3.57. The average Bonchev–Trinajstić information content (AvgIpc) is 3.05. The van der Waals surface area contributed by atoms with Crippen LogP contribution in [0, 0.1) is 5.82 Å². The van der Waals surface area contributed by atoms with Crippen LogP contribution in [-0.2, 0) is 14.3 Å². The number of hydrogen-bond donors (Lipinski definition) is 1. The van der Waals surface area contributed by atoms with E-state index < -0.39 is 17.8 Å². The highest BCUT2D eigenvalue weighted by molar-refractivity contribution is 8.77. The minimum atomic E-state index is -0.900. The summed E-state index contributed by atoms with van der Waals surface area (Å²) in [5.41, 5.74) is 0.342. The molecular weight excluding hydrogens is 349 g/mol. The Bertz CT molecular complexity index is 565. The van der Waals surface area contributed by atoms with Crippen LogP contribution in [0.3, 0.4) is 0 Å². The Kier molecular flexibility index (Phi) is 7.91. The summed E-state index contributed by atoms with van der Waals surface area (Å²) in [7, 11) is 3.86. The molecule has 1 fully saturated rings. The van der Waals surface area contributed by atoms with E-state index in [1.54, 1.807) is 6.07 Å². The summed E-state index contributed by atoms with van der Waals surface area (Å²) >= 11 is 0. The minimum absolute atomic E-state index is 0.322. The predicted octanol–water partition coefficient (Wildman–Crippen LogP) is 4.41. The molecule has 1 aliphatic rings. The molecule has 0 bridgehead atoms. The molecule has 1 saturated heterocycles. The standard InChI is InChI=1S/C17H22FNO3S2/c1-12(17(21)19-14-6-4-5-13(18)11-14)22-16(20)8-3-2-7-15-9-10-23-24-15/h4-6,11-12,15H,2-3,7-10H2,1H3,(H,19,21)/t12-,15+/m1/s1. The van der Waals surface area contributed by atoms with E-state index in [1.165, 1.54) is 37.3 Å². The lowest BCUT2D eigenvalue weighted by molar-refractivity contribution is -0.153. The van der Waals surface area contributed by atoms with Crippen LogP contribution in [0.15, 0.2) is 24.3 Å². The van der Waals surface area contributed by atoms with E-state index in [1.807, 2.05) is 21.6 Å². The minimum Gasteiger partial charge on any atom is -0.453 e. The van der Waals surface area contributed by atoms with E-state index in [0.29, 0.717) is 17.4 Å². The van der Waals surface area contributed by atoms with Crippen molar-refractivity contribution in [2.75, 3.05) is 11.1 Å². The molecule has 0 spiro atoms. The van der Waals surface area contributed by atoms with Crippen LogP contribution in [-0.4, -0.2) is 29.0 Å². The number of ether oxygens (including phenoxy) is 1. The lowest BCUT2D eigenvalue weighted by Gasteiger charge is -2.14. The number of carbonyl (C=O) groups excluding carboxylic acids is 2. The number of anilines is 1. The van der Waals surface area contributed by atoms with E-state index in [-0.39, 0.29) is 5.97 Å². The molecule has 1 aliphatic heterocycles. The van der Waals surface area contributed by atoms with Crippen LogP contribution >= 0.6 is 21.6 Å². The van der Waals surface area contributed by atoms with Crippen molar-refractivity contribution in [3.63, 3.8) is 0 Å². The Morgan fingerprint density at radius 2 is 2.25 bits per heavy atom. The smallest absolute Gasteiger partial charge is 0.306 e. The number of hydrogen-bond acceptors (Lipinski definition) is 5. The number of unbranched alkanes of at least 4 members (excludes halogenated alkanes) is 1. The molecule has 0 radical (unpaired) electrons. The molecule has 1 aromatic rings. The zero-order chi connectivity index (χ0) is 17.4. The van der Waals surface area contributed by atoms with Crippen LogP contribution in [0.2, 0.25) is 0 Å². The normalized spacial score (nSPS) is 18.2. The van der Waals surface area contributed by atoms with Crippen molar-refractivity contribution in [1.82, 2.24) is 0 Å². The molecule has 132 valence electrons. The van der Waals surface area contributed by atoms with Gasteiger partial charge in [0.1, 0.15) is 5.82 Å². The van der Waals surface area contributed by atoms with Crippen molar-refractivity contribution in [3.05, 3.63) is 30.1 Å². The fraction of sp³-hybridized carbons (Fsp3) is 0.529. The number of carbonyl (C=O) groups is 2. The Labute approximate surface area is 149 Å². The monoisotopic (exact) mass is 371 g/mol. The SMILES string of the molecule is C[C@@H](OC(=O)CCCC[C@H]1CCSS1)C(=O)Nc1cccc(F)c1. The zero-order valence-corrected chi connectivity index (χ0v) is 15.3. The molecule has 0 saturated carbocycles. The van der Waals surface area contributed by atoms with Crippen molar-refractivity contribution in [3.8, 4) is 0 Å². The van der Waals surface area contributed by atoms with Gasteiger partial charge < -0.3 is 10.1 Å². The number of esters is 1. The van der Waals surface area contributed by atoms with E-state index in [4.69, 9.17) is 4.74 Å². The molecule has 1 N–H and O–H groups in total. The number of benzene rings is 1. The first-order valence-electron chi connectivity index (χ1n) is 8.09. The molecule has 1 heterocycles. The van der Waals surface area contributed by atoms with Gasteiger partial charge in [0.05, 0.1) is 0 Å². The Morgan fingerprint density at radius 3 is 2.96 bits per heavy atom. The maximum atomic E-state index is 13.1. The average molecular weight is 371 g/mol. The topological polar surface area (TPSA) is 55.4 Å². The lowest BCUT2D eigenvalue weighted by atomic mass is 10.1. The highest BCUT2D eigenvalue weighted by Gasteiger charge is 2.19. The van der Waals surface area contributed by atoms with Crippen LogP contribution in [0.5, 0.6) is 0 Å². The van der Waals surface area contributed by atoms with E-state index in [0.717, 1.165) is 19.3 Å². The van der Waals surface area contributed by atoms with Gasteiger partial charge in [0.25, 0.3) is 5.91 Å². The number of nitrogens with one attached hydrogen (secondary N) is 1. The predicted molar refractivity (Wildman–Crippen MR) is 97.5 cm³/mol. The molecule has 1 aromatic carbocycles. The van der Waals surface area contributed by atoms with Gasteiger partial charge in [0.15, 0.2) is 6.10 Å². The van der Waals surface area contributed by atoms with Gasteiger partial charge in [0.2, 0.25) is 0 Å². The third-order valence-electron chi connectivity index (χ3n) is 3.65. The van der Waals surface area contributed by atoms with Gasteiger partial charge >= 0.3 is 5.97 Å². The summed E-state index contributed by atoms with van der Waals surface area (Å²) < 4.78 is 18.2. The first-order valence-corrected chi connectivity index (χ1v) is 10.5. The second-order valence-electron chi connectivity index (χ2n) is 5.71. The molecule has 0 aromatic heterocycles. The fourth-order valence-corrected chi connectivity index (χ4v) is 5.35. The molecule has 24 heavy (non-hydrogen) atoms. The largest absolute Gasteiger partial charge is 0.453 e. The van der Waals surface area contributed by atoms with Crippen molar-refractivity contribution in [2.45, 2.75) is 50.4 Å². The van der Waals surface area contributed by atoms with Crippen LogP contribution in [0.25, 0.3) is 0 Å². The van der Waals surface area contributed by atoms with Crippen molar-refractivity contribution in [2.24, 2.45) is 0 Å². The van der Waals surface area contributed by atoms with Gasteiger partial charge in [-0.3, -0.25) is 9.59 Å². The lowest BCUT2D eigenvalue weighted by Crippen LogP contribution is -2.29. The van der Waals surface area contributed by atoms with Gasteiger partial charge in [-0.15, -0.1) is 0 Å². The maximum absolute atomic E-state index is 13.1.